The third-order valence-electron chi connectivity index (χ3n) is 3.10. The summed E-state index contributed by atoms with van der Waals surface area (Å²) in [6.07, 6.45) is 2.59. The van der Waals surface area contributed by atoms with Crippen LogP contribution < -0.4 is 4.90 Å². The molecular formula is C13H13N3OS. The van der Waals surface area contributed by atoms with Crippen LogP contribution in [0.1, 0.15) is 17.0 Å². The topological polar surface area (TPSA) is 48.7 Å². The number of nitrogens with zero attached hydrogens (tertiary/aromatic N) is 3. The summed E-state index contributed by atoms with van der Waals surface area (Å²) >= 11 is 1.67. The fraction of sp³-hybridized carbons (Fsp3) is 0.231. The molecule has 0 bridgehead atoms. The molecule has 1 aliphatic rings. The summed E-state index contributed by atoms with van der Waals surface area (Å²) in [6, 6.07) is 8.04. The molecule has 5 heteroatoms. The summed E-state index contributed by atoms with van der Waals surface area (Å²) in [4.78, 5) is 6.60. The molecule has 0 atom stereocenters. The van der Waals surface area contributed by atoms with Crippen molar-refractivity contribution in [3.63, 3.8) is 0 Å². The minimum absolute atomic E-state index is 0.763. The molecule has 0 unspecified atom stereocenters. The van der Waals surface area contributed by atoms with E-state index < -0.39 is 0 Å². The van der Waals surface area contributed by atoms with Gasteiger partial charge >= 0.3 is 0 Å². The van der Waals surface area contributed by atoms with Crippen molar-refractivity contribution in [3.8, 4) is 0 Å². The Morgan fingerprint density at radius 1 is 1.39 bits per heavy atom. The summed E-state index contributed by atoms with van der Waals surface area (Å²) in [7, 11) is 0. The molecule has 1 aromatic heterocycles. The largest absolute Gasteiger partial charge is 0.411 e. The SMILES string of the molecule is ON=C1CCN(Cc2nccs2)c2ccccc21. The lowest BCUT2D eigenvalue weighted by atomic mass is 10.00. The maximum absolute atomic E-state index is 9.04. The van der Waals surface area contributed by atoms with Gasteiger partial charge in [0.2, 0.25) is 0 Å². The van der Waals surface area contributed by atoms with Gasteiger partial charge in [-0.1, -0.05) is 23.4 Å². The van der Waals surface area contributed by atoms with Gasteiger partial charge in [0.25, 0.3) is 0 Å². The maximum Gasteiger partial charge on any atom is 0.112 e. The zero-order chi connectivity index (χ0) is 12.4. The molecule has 0 amide bonds. The van der Waals surface area contributed by atoms with E-state index in [0.717, 1.165) is 41.5 Å². The van der Waals surface area contributed by atoms with Gasteiger partial charge in [0, 0.05) is 35.8 Å². The molecule has 92 valence electrons. The number of para-hydroxylation sites is 1. The number of hydrogen-bond donors (Lipinski definition) is 1. The van der Waals surface area contributed by atoms with E-state index >= 15 is 0 Å². The van der Waals surface area contributed by atoms with Gasteiger partial charge in [0.1, 0.15) is 5.01 Å². The minimum atomic E-state index is 0.763. The Hall–Kier alpha value is -1.88. The molecule has 0 radical (unpaired) electrons. The van der Waals surface area contributed by atoms with Crippen LogP contribution in [0.15, 0.2) is 41.0 Å². The molecular weight excluding hydrogens is 246 g/mol. The summed E-state index contributed by atoms with van der Waals surface area (Å²) in [6.45, 7) is 1.67. The Balaban J connectivity index is 1.94. The van der Waals surface area contributed by atoms with Crippen LogP contribution in [0.3, 0.4) is 0 Å². The van der Waals surface area contributed by atoms with Gasteiger partial charge in [-0.05, 0) is 6.07 Å². The van der Waals surface area contributed by atoms with Gasteiger partial charge in [-0.15, -0.1) is 11.3 Å². The van der Waals surface area contributed by atoms with Crippen molar-refractivity contribution in [2.24, 2.45) is 5.16 Å². The Labute approximate surface area is 109 Å². The minimum Gasteiger partial charge on any atom is -0.411 e. The van der Waals surface area contributed by atoms with Crippen molar-refractivity contribution in [1.82, 2.24) is 4.98 Å². The third kappa shape index (κ3) is 1.97. The van der Waals surface area contributed by atoms with Gasteiger partial charge < -0.3 is 10.1 Å². The highest BCUT2D eigenvalue weighted by Gasteiger charge is 2.22. The Morgan fingerprint density at radius 3 is 3.06 bits per heavy atom. The lowest BCUT2D eigenvalue weighted by molar-refractivity contribution is 0.317. The fourth-order valence-electron chi connectivity index (χ4n) is 2.25. The van der Waals surface area contributed by atoms with Crippen LogP contribution in [0.5, 0.6) is 0 Å². The van der Waals surface area contributed by atoms with Gasteiger partial charge in [0.15, 0.2) is 0 Å². The molecule has 4 nitrogen and oxygen atoms in total. The van der Waals surface area contributed by atoms with E-state index in [4.69, 9.17) is 5.21 Å². The standard InChI is InChI=1S/C13H13N3OS/c17-15-11-5-7-16(9-13-14-6-8-18-13)12-4-2-1-3-10(11)12/h1-4,6,8,17H,5,7,9H2. The zero-order valence-electron chi connectivity index (χ0n) is 9.78. The third-order valence-corrected chi connectivity index (χ3v) is 3.87. The second kappa shape index (κ2) is 4.78. The highest BCUT2D eigenvalue weighted by atomic mass is 32.1. The summed E-state index contributed by atoms with van der Waals surface area (Å²) in [5, 5.41) is 15.5. The van der Waals surface area contributed by atoms with Crippen molar-refractivity contribution in [1.29, 1.82) is 0 Å². The normalized spacial score (nSPS) is 16.9. The van der Waals surface area contributed by atoms with E-state index in [1.807, 2.05) is 29.8 Å². The van der Waals surface area contributed by atoms with Crippen LogP contribution in [0.4, 0.5) is 5.69 Å². The van der Waals surface area contributed by atoms with Crippen molar-refractivity contribution < 1.29 is 5.21 Å². The lowest BCUT2D eigenvalue weighted by Crippen LogP contribution is -2.31. The smallest absolute Gasteiger partial charge is 0.112 e. The number of anilines is 1. The zero-order valence-corrected chi connectivity index (χ0v) is 10.6. The highest BCUT2D eigenvalue weighted by Crippen LogP contribution is 2.28. The monoisotopic (exact) mass is 259 g/mol. The number of thiazole rings is 1. The van der Waals surface area contributed by atoms with Crippen molar-refractivity contribution in [2.45, 2.75) is 13.0 Å². The van der Waals surface area contributed by atoms with E-state index in [9.17, 15) is 0 Å². The second-order valence-electron chi connectivity index (χ2n) is 4.16. The van der Waals surface area contributed by atoms with E-state index in [0.29, 0.717) is 0 Å². The van der Waals surface area contributed by atoms with Crippen LogP contribution in [-0.4, -0.2) is 22.4 Å². The number of hydrogen-bond acceptors (Lipinski definition) is 5. The first-order chi connectivity index (χ1) is 8.88. The molecule has 0 spiro atoms. The quantitative estimate of drug-likeness (QED) is 0.666. The van der Waals surface area contributed by atoms with E-state index in [1.54, 1.807) is 11.3 Å². The molecule has 0 saturated carbocycles. The molecule has 0 saturated heterocycles. The average molecular weight is 259 g/mol. The highest BCUT2D eigenvalue weighted by molar-refractivity contribution is 7.09. The van der Waals surface area contributed by atoms with Crippen LogP contribution in [0, 0.1) is 0 Å². The molecule has 1 aliphatic heterocycles. The van der Waals surface area contributed by atoms with Gasteiger partial charge in [-0.3, -0.25) is 0 Å². The van der Waals surface area contributed by atoms with Crippen LogP contribution in [0.25, 0.3) is 0 Å². The lowest BCUT2D eigenvalue weighted by Gasteiger charge is -2.30. The van der Waals surface area contributed by atoms with Crippen molar-refractivity contribution >= 4 is 22.7 Å². The number of benzene rings is 1. The molecule has 3 rings (SSSR count). The van der Waals surface area contributed by atoms with Crippen molar-refractivity contribution in [3.05, 3.63) is 46.4 Å². The summed E-state index contributed by atoms with van der Waals surface area (Å²) < 4.78 is 0. The van der Waals surface area contributed by atoms with Gasteiger partial charge in [0.05, 0.1) is 12.3 Å². The van der Waals surface area contributed by atoms with E-state index in [-0.39, 0.29) is 0 Å². The maximum atomic E-state index is 9.04. The Kier molecular flexibility index (Phi) is 2.98. The summed E-state index contributed by atoms with van der Waals surface area (Å²) in [5.74, 6) is 0. The van der Waals surface area contributed by atoms with Gasteiger partial charge in [-0.2, -0.15) is 0 Å². The van der Waals surface area contributed by atoms with E-state index in [1.165, 1.54) is 0 Å². The van der Waals surface area contributed by atoms with E-state index in [2.05, 4.69) is 21.1 Å². The molecule has 1 aromatic carbocycles. The molecule has 18 heavy (non-hydrogen) atoms. The Bertz CT molecular complexity index is 565. The number of rotatable bonds is 2. The van der Waals surface area contributed by atoms with Crippen molar-refractivity contribution in [2.75, 3.05) is 11.4 Å². The predicted molar refractivity (Wildman–Crippen MR) is 72.5 cm³/mol. The molecule has 0 aliphatic carbocycles. The first-order valence-electron chi connectivity index (χ1n) is 5.82. The first-order valence-corrected chi connectivity index (χ1v) is 6.70. The molecule has 2 heterocycles. The van der Waals surface area contributed by atoms with Crippen LogP contribution in [0.2, 0.25) is 0 Å². The van der Waals surface area contributed by atoms with Crippen LogP contribution >= 0.6 is 11.3 Å². The summed E-state index contributed by atoms with van der Waals surface area (Å²) in [5.41, 5.74) is 2.90. The molecule has 0 fully saturated rings. The predicted octanol–water partition coefficient (Wildman–Crippen LogP) is 2.73. The number of oxime groups is 1. The number of aromatic nitrogens is 1. The number of fused-ring (bicyclic) bond motifs is 1. The fourth-order valence-corrected chi connectivity index (χ4v) is 2.88. The van der Waals surface area contributed by atoms with Crippen LogP contribution in [-0.2, 0) is 6.54 Å². The first kappa shape index (κ1) is 11.2. The van der Waals surface area contributed by atoms with Gasteiger partial charge in [-0.25, -0.2) is 4.98 Å². The molecule has 2 aromatic rings. The second-order valence-corrected chi connectivity index (χ2v) is 5.14. The molecule has 1 N–H and O–H groups in total. The Morgan fingerprint density at radius 2 is 2.28 bits per heavy atom. The average Bonchev–Trinajstić information content (AvgIpc) is 2.92.